The minimum Gasteiger partial charge on any atom is -0.438 e. The number of hydrogen-bond donors (Lipinski definition) is 0. The molecule has 0 radical (unpaired) electrons. The predicted molar refractivity (Wildman–Crippen MR) is 477 cm³/mol. The summed E-state index contributed by atoms with van der Waals surface area (Å²) < 4.78 is 12.3. The van der Waals surface area contributed by atoms with Gasteiger partial charge in [-0.3, -0.25) is 4.98 Å². The maximum absolute atomic E-state index is 6.23. The number of hydrogen-bond acceptors (Lipinski definition) is 12. The van der Waals surface area contributed by atoms with E-state index in [9.17, 15) is 0 Å². The highest BCUT2D eigenvalue weighted by molar-refractivity contribution is 6.18. The molecule has 7 heterocycles. The highest BCUT2D eigenvalue weighted by atomic mass is 16.3. The van der Waals surface area contributed by atoms with Crippen LogP contribution in [0.4, 0.5) is 0 Å². The van der Waals surface area contributed by atoms with E-state index in [4.69, 9.17) is 58.7 Å². The smallest absolute Gasteiger partial charge is 0.246 e. The van der Waals surface area contributed by atoms with Gasteiger partial charge < -0.3 is 8.83 Å². The fourth-order valence-electron chi connectivity index (χ4n) is 15.6. The van der Waals surface area contributed by atoms with Crippen molar-refractivity contribution in [2.24, 2.45) is 0 Å². The first kappa shape index (κ1) is 69.7. The molecule has 552 valence electrons. The van der Waals surface area contributed by atoms with E-state index in [1.807, 2.05) is 140 Å². The average molecular weight is 1510 g/mol. The van der Waals surface area contributed by atoms with E-state index in [2.05, 4.69) is 261 Å². The Labute approximate surface area is 678 Å². The van der Waals surface area contributed by atoms with Crippen molar-refractivity contribution in [1.29, 1.82) is 0 Å². The first-order valence-electron chi connectivity index (χ1n) is 39.1. The number of para-hydroxylation sites is 3. The summed E-state index contributed by atoms with van der Waals surface area (Å²) in [6.07, 6.45) is 1.82. The lowest BCUT2D eigenvalue weighted by Crippen LogP contribution is -2.00. The molecule has 118 heavy (non-hydrogen) atoms. The molecule has 0 atom stereocenters. The molecular formula is C106H66N10O2. The molecule has 0 saturated heterocycles. The third kappa shape index (κ3) is 13.8. The molecule has 0 unspecified atom stereocenters. The largest absolute Gasteiger partial charge is 0.438 e. The lowest BCUT2D eigenvalue weighted by Gasteiger charge is -2.11. The number of benzene rings is 15. The van der Waals surface area contributed by atoms with Gasteiger partial charge in [0, 0.05) is 55.9 Å². The van der Waals surface area contributed by atoms with E-state index >= 15 is 0 Å². The van der Waals surface area contributed by atoms with Crippen molar-refractivity contribution >= 4 is 66.3 Å². The Bertz CT molecular complexity index is 7510. The van der Waals surface area contributed by atoms with Gasteiger partial charge in [-0.05, 0) is 150 Å². The first-order valence-corrected chi connectivity index (χ1v) is 39.1. The average Bonchev–Trinajstić information content (AvgIpc) is 1.57. The SMILES string of the molecule is c1ccc(-c2ccc(-c3nc(-c4ccccc4)nc(-c4cccc(-c5cccc(-c6ccc(-c7c8ncccc8nc8oc9ccccc9c78)cc6)c5)c4)n3)cc2)cc1.c1ccc(-c2ccc(-c3nc(-c4ccccc4)nc(-c4cccc(-c5cccc(-c6ccc(-c7ccc8oc9nc%10ccccc%10nc9c8c7)cc6)c5)c4)n3)cc2)cc1. The minimum atomic E-state index is 0.552. The van der Waals surface area contributed by atoms with Crippen LogP contribution in [0.2, 0.25) is 0 Å². The Balaban J connectivity index is 0.000000147. The Hall–Kier alpha value is -16.2. The van der Waals surface area contributed by atoms with Crippen LogP contribution in [0, 0.1) is 0 Å². The highest BCUT2D eigenvalue weighted by Gasteiger charge is 2.22. The van der Waals surface area contributed by atoms with Gasteiger partial charge in [0.2, 0.25) is 11.4 Å². The number of nitrogens with zero attached hydrogens (tertiary/aromatic N) is 10. The summed E-state index contributed by atoms with van der Waals surface area (Å²) in [5, 5.41) is 2.96. The van der Waals surface area contributed by atoms with Gasteiger partial charge in [-0.1, -0.05) is 328 Å². The molecule has 22 aromatic rings. The standard InChI is InChI=1S/2C53H33N5O/c1-3-12-34(13-4-1)35-25-29-39(30-26-35)51-56-50(38-14-5-2-6-15-38)57-52(58-51)43-19-10-18-42(33-43)41-17-9-16-40(32-41)36-23-27-37(28-24-36)47-48-44-20-7-8-22-46(44)59-53(48)55-45-21-11-31-54-49(45)47;1-3-11-34(12-4-1)35-25-27-39(28-26-35)51-56-50(38-13-5-2-6-14-38)57-52(58-51)44-18-10-17-42(32-44)41-16-9-15-40(31-41)36-21-23-37(24-22-36)43-29-30-48-45(33-43)49-53(59-48)55-47-20-8-7-19-46(47)54-49/h2*1-33H. The molecule has 7 aromatic heterocycles. The molecular weight excluding hydrogens is 1450 g/mol. The first-order chi connectivity index (χ1) is 58.4. The summed E-state index contributed by atoms with van der Waals surface area (Å²) in [7, 11) is 0. The number of aromatic nitrogens is 10. The summed E-state index contributed by atoms with van der Waals surface area (Å²) in [6.45, 7) is 0. The Morgan fingerprint density at radius 3 is 0.941 bits per heavy atom. The van der Waals surface area contributed by atoms with E-state index in [0.717, 1.165) is 166 Å². The molecule has 0 amide bonds. The van der Waals surface area contributed by atoms with Crippen molar-refractivity contribution in [3.8, 4) is 157 Å². The van der Waals surface area contributed by atoms with Crippen LogP contribution in [0.3, 0.4) is 0 Å². The van der Waals surface area contributed by atoms with Crippen LogP contribution in [-0.4, -0.2) is 49.8 Å². The topological polar surface area (TPSA) is 155 Å². The Morgan fingerprint density at radius 2 is 0.466 bits per heavy atom. The van der Waals surface area contributed by atoms with Crippen molar-refractivity contribution in [2.45, 2.75) is 0 Å². The maximum Gasteiger partial charge on any atom is 0.246 e. The molecule has 0 spiro atoms. The summed E-state index contributed by atoms with van der Waals surface area (Å²) in [6, 6.07) is 135. The number of rotatable bonds is 14. The van der Waals surface area contributed by atoms with Gasteiger partial charge in [-0.25, -0.2) is 44.9 Å². The monoisotopic (exact) mass is 1510 g/mol. The van der Waals surface area contributed by atoms with Gasteiger partial charge in [0.15, 0.2) is 34.9 Å². The zero-order valence-corrected chi connectivity index (χ0v) is 63.4. The molecule has 0 saturated carbocycles. The fraction of sp³-hybridized carbons (Fsp3) is 0. The van der Waals surface area contributed by atoms with Crippen LogP contribution in [0.15, 0.2) is 409 Å². The lowest BCUT2D eigenvalue weighted by atomic mass is 9.95. The molecule has 22 rings (SSSR count). The zero-order chi connectivity index (χ0) is 78.2. The summed E-state index contributed by atoms with van der Waals surface area (Å²) in [4.78, 5) is 49.2. The van der Waals surface area contributed by atoms with Crippen molar-refractivity contribution in [2.75, 3.05) is 0 Å². The quantitative estimate of drug-likeness (QED) is 0.102. The summed E-state index contributed by atoms with van der Waals surface area (Å²) in [5.41, 5.74) is 30.1. The van der Waals surface area contributed by atoms with Crippen molar-refractivity contribution < 1.29 is 8.83 Å². The molecule has 12 nitrogen and oxygen atoms in total. The van der Waals surface area contributed by atoms with Crippen LogP contribution in [0.25, 0.3) is 224 Å². The second-order valence-electron chi connectivity index (χ2n) is 29.0. The van der Waals surface area contributed by atoms with Crippen molar-refractivity contribution in [3.05, 3.63) is 401 Å². The van der Waals surface area contributed by atoms with Gasteiger partial charge in [0.05, 0.1) is 27.5 Å². The van der Waals surface area contributed by atoms with E-state index in [0.29, 0.717) is 46.4 Å². The molecule has 0 aliphatic rings. The number of furan rings is 2. The molecule has 0 bridgehead atoms. The minimum absolute atomic E-state index is 0.552. The van der Waals surface area contributed by atoms with Crippen LogP contribution in [-0.2, 0) is 0 Å². The van der Waals surface area contributed by atoms with E-state index in [1.54, 1.807) is 0 Å². The highest BCUT2D eigenvalue weighted by Crippen LogP contribution is 2.42. The fourth-order valence-corrected chi connectivity index (χ4v) is 15.6. The van der Waals surface area contributed by atoms with Gasteiger partial charge in [-0.2, -0.15) is 0 Å². The molecule has 0 N–H and O–H groups in total. The number of fused-ring (bicyclic) bond motifs is 8. The van der Waals surface area contributed by atoms with Gasteiger partial charge in [0.1, 0.15) is 16.7 Å². The Morgan fingerprint density at radius 1 is 0.169 bits per heavy atom. The van der Waals surface area contributed by atoms with Gasteiger partial charge in [-0.15, -0.1) is 0 Å². The van der Waals surface area contributed by atoms with E-state index in [1.165, 1.54) is 11.1 Å². The molecule has 0 fully saturated rings. The van der Waals surface area contributed by atoms with Crippen LogP contribution < -0.4 is 0 Å². The normalized spacial score (nSPS) is 11.4. The third-order valence-corrected chi connectivity index (χ3v) is 21.6. The third-order valence-electron chi connectivity index (χ3n) is 21.6. The molecule has 0 aliphatic heterocycles. The molecule has 12 heteroatoms. The second-order valence-corrected chi connectivity index (χ2v) is 29.0. The molecule has 15 aromatic carbocycles. The van der Waals surface area contributed by atoms with Gasteiger partial charge in [0.25, 0.3) is 0 Å². The van der Waals surface area contributed by atoms with Crippen molar-refractivity contribution in [3.63, 3.8) is 0 Å². The van der Waals surface area contributed by atoms with Crippen LogP contribution >= 0.6 is 0 Å². The predicted octanol–water partition coefficient (Wildman–Crippen LogP) is 26.8. The Kier molecular flexibility index (Phi) is 18.0. The summed E-state index contributed by atoms with van der Waals surface area (Å²) >= 11 is 0. The molecule has 0 aliphatic carbocycles. The summed E-state index contributed by atoms with van der Waals surface area (Å²) in [5.74, 6) is 3.76. The van der Waals surface area contributed by atoms with E-state index in [-0.39, 0.29) is 0 Å². The lowest BCUT2D eigenvalue weighted by molar-refractivity contribution is 0.655. The van der Waals surface area contributed by atoms with E-state index < -0.39 is 0 Å². The van der Waals surface area contributed by atoms with Gasteiger partial charge >= 0.3 is 0 Å². The maximum atomic E-state index is 6.23. The zero-order valence-electron chi connectivity index (χ0n) is 63.4. The van der Waals surface area contributed by atoms with Crippen molar-refractivity contribution in [1.82, 2.24) is 49.8 Å². The number of pyridine rings is 2. The second kappa shape index (κ2) is 30.4. The van der Waals surface area contributed by atoms with Crippen LogP contribution in [0.5, 0.6) is 0 Å². The van der Waals surface area contributed by atoms with Crippen LogP contribution in [0.1, 0.15) is 0 Å².